The first kappa shape index (κ1) is 15.4. The molecular weight excluding hydrogens is 274 g/mol. The van der Waals surface area contributed by atoms with Gasteiger partial charge in [0.1, 0.15) is 5.82 Å². The molecule has 1 aromatic heterocycles. The zero-order chi connectivity index (χ0) is 14.5. The number of rotatable bonds is 7. The van der Waals surface area contributed by atoms with Crippen LogP contribution in [0.5, 0.6) is 0 Å². The van der Waals surface area contributed by atoms with Gasteiger partial charge in [-0.1, -0.05) is 51.3 Å². The van der Waals surface area contributed by atoms with E-state index < -0.39 is 5.97 Å². The van der Waals surface area contributed by atoms with E-state index >= 15 is 0 Å². The van der Waals surface area contributed by atoms with Gasteiger partial charge in [0, 0.05) is 13.0 Å². The highest BCUT2D eigenvalue weighted by molar-refractivity contribution is 7.99. The Kier molecular flexibility index (Phi) is 5.46. The van der Waals surface area contributed by atoms with Crippen LogP contribution in [0, 0.1) is 11.8 Å². The lowest BCUT2D eigenvalue weighted by molar-refractivity contribution is -0.133. The Morgan fingerprint density at radius 1 is 1.40 bits per heavy atom. The summed E-state index contributed by atoms with van der Waals surface area (Å²) in [7, 11) is 0. The molecule has 6 heteroatoms. The molecule has 0 aliphatic heterocycles. The third-order valence-corrected chi connectivity index (χ3v) is 4.56. The maximum Gasteiger partial charge on any atom is 0.313 e. The normalized spacial score (nSPS) is 16.1. The van der Waals surface area contributed by atoms with Crippen molar-refractivity contribution in [3.05, 3.63) is 5.82 Å². The van der Waals surface area contributed by atoms with Crippen molar-refractivity contribution in [1.29, 1.82) is 0 Å². The molecule has 20 heavy (non-hydrogen) atoms. The van der Waals surface area contributed by atoms with Gasteiger partial charge in [-0.2, -0.15) is 0 Å². The Morgan fingerprint density at radius 2 is 2.10 bits per heavy atom. The van der Waals surface area contributed by atoms with Crippen molar-refractivity contribution in [2.24, 2.45) is 11.8 Å². The predicted molar refractivity (Wildman–Crippen MR) is 78.9 cm³/mol. The maximum atomic E-state index is 10.7. The first-order chi connectivity index (χ1) is 9.56. The van der Waals surface area contributed by atoms with Crippen LogP contribution in [0.2, 0.25) is 0 Å². The molecule has 0 spiro atoms. The van der Waals surface area contributed by atoms with Crippen LogP contribution in [0.1, 0.15) is 45.4 Å². The monoisotopic (exact) mass is 297 g/mol. The third kappa shape index (κ3) is 4.23. The summed E-state index contributed by atoms with van der Waals surface area (Å²) < 4.78 is 2.12. The number of nitrogens with zero attached hydrogens (tertiary/aromatic N) is 3. The number of aromatic nitrogens is 3. The van der Waals surface area contributed by atoms with E-state index in [9.17, 15) is 4.79 Å². The highest BCUT2D eigenvalue weighted by atomic mass is 32.2. The fourth-order valence-corrected chi connectivity index (χ4v) is 3.41. The van der Waals surface area contributed by atoms with E-state index in [1.807, 2.05) is 0 Å². The molecule has 0 radical (unpaired) electrons. The molecule has 0 unspecified atom stereocenters. The molecule has 112 valence electrons. The molecule has 1 aromatic rings. The molecule has 1 aliphatic rings. The van der Waals surface area contributed by atoms with Gasteiger partial charge in [-0.3, -0.25) is 4.79 Å². The number of carbonyl (C=O) groups is 1. The van der Waals surface area contributed by atoms with Crippen molar-refractivity contribution in [2.45, 2.75) is 57.7 Å². The molecule has 1 N–H and O–H groups in total. The van der Waals surface area contributed by atoms with E-state index in [1.165, 1.54) is 37.4 Å². The van der Waals surface area contributed by atoms with Gasteiger partial charge in [-0.15, -0.1) is 10.2 Å². The highest BCUT2D eigenvalue weighted by Crippen LogP contribution is 2.29. The van der Waals surface area contributed by atoms with Crippen LogP contribution in [-0.4, -0.2) is 31.6 Å². The van der Waals surface area contributed by atoms with Crippen molar-refractivity contribution >= 4 is 17.7 Å². The summed E-state index contributed by atoms with van der Waals surface area (Å²) in [6.45, 7) is 5.17. The van der Waals surface area contributed by atoms with Gasteiger partial charge in [0.2, 0.25) is 0 Å². The molecular formula is C14H23N3O2S. The molecule has 1 fully saturated rings. The van der Waals surface area contributed by atoms with Crippen LogP contribution in [0.3, 0.4) is 0 Å². The Bertz CT molecular complexity index is 453. The largest absolute Gasteiger partial charge is 0.481 e. The first-order valence-corrected chi connectivity index (χ1v) is 8.31. The molecule has 0 saturated heterocycles. The minimum Gasteiger partial charge on any atom is -0.481 e. The van der Waals surface area contributed by atoms with Gasteiger partial charge in [0.15, 0.2) is 5.16 Å². The van der Waals surface area contributed by atoms with E-state index in [1.54, 1.807) is 0 Å². The lowest BCUT2D eigenvalue weighted by Gasteiger charge is -2.14. The van der Waals surface area contributed by atoms with E-state index in [0.717, 1.165) is 29.9 Å². The lowest BCUT2D eigenvalue weighted by atomic mass is 10.0. The topological polar surface area (TPSA) is 68.0 Å². The third-order valence-electron chi connectivity index (χ3n) is 3.61. The van der Waals surface area contributed by atoms with E-state index in [0.29, 0.717) is 5.92 Å². The van der Waals surface area contributed by atoms with Gasteiger partial charge >= 0.3 is 5.97 Å². The predicted octanol–water partition coefficient (Wildman–Crippen LogP) is 2.84. The Labute approximate surface area is 124 Å². The van der Waals surface area contributed by atoms with Gasteiger partial charge < -0.3 is 9.67 Å². The molecule has 0 bridgehead atoms. The summed E-state index contributed by atoms with van der Waals surface area (Å²) in [5.74, 6) is 1.48. The average molecular weight is 297 g/mol. The summed E-state index contributed by atoms with van der Waals surface area (Å²) in [6, 6.07) is 0. The number of thioether (sulfide) groups is 1. The fourth-order valence-electron chi connectivity index (χ4n) is 2.72. The summed E-state index contributed by atoms with van der Waals surface area (Å²) in [5, 5.41) is 18.1. The Hall–Kier alpha value is -1.04. The number of carboxylic acid groups (broad SMARTS) is 1. The maximum absolute atomic E-state index is 10.7. The van der Waals surface area contributed by atoms with Crippen molar-refractivity contribution in [3.8, 4) is 0 Å². The van der Waals surface area contributed by atoms with E-state index in [2.05, 4.69) is 28.6 Å². The van der Waals surface area contributed by atoms with Crippen LogP contribution in [0.4, 0.5) is 0 Å². The summed E-state index contributed by atoms with van der Waals surface area (Å²) in [6.07, 6.45) is 6.19. The van der Waals surface area contributed by atoms with Gasteiger partial charge in [0.05, 0.1) is 5.75 Å². The van der Waals surface area contributed by atoms with E-state index in [-0.39, 0.29) is 5.75 Å². The van der Waals surface area contributed by atoms with Crippen LogP contribution in [0.15, 0.2) is 5.16 Å². The van der Waals surface area contributed by atoms with Crippen LogP contribution in [-0.2, 0) is 17.8 Å². The van der Waals surface area contributed by atoms with E-state index in [4.69, 9.17) is 5.11 Å². The second-order valence-corrected chi connectivity index (χ2v) is 6.88. The number of carboxylic acids is 1. The summed E-state index contributed by atoms with van der Waals surface area (Å²) in [4.78, 5) is 10.7. The minimum absolute atomic E-state index is 0.0413. The van der Waals surface area contributed by atoms with Gasteiger partial charge in [-0.05, 0) is 11.8 Å². The molecule has 0 aromatic carbocycles. The first-order valence-electron chi connectivity index (χ1n) is 7.33. The standard InChI is InChI=1S/C14H23N3O2S/c1-10(2)8-17-12(7-11-5-3-4-6-11)15-16-14(17)20-9-13(18)19/h10-11H,3-9H2,1-2H3,(H,18,19). The molecule has 2 rings (SSSR count). The zero-order valence-corrected chi connectivity index (χ0v) is 13.0. The second kappa shape index (κ2) is 7.11. The Morgan fingerprint density at radius 3 is 2.70 bits per heavy atom. The molecule has 1 saturated carbocycles. The van der Waals surface area contributed by atoms with Crippen molar-refractivity contribution in [3.63, 3.8) is 0 Å². The summed E-state index contributed by atoms with van der Waals surface area (Å²) in [5.41, 5.74) is 0. The molecule has 0 atom stereocenters. The minimum atomic E-state index is -0.813. The van der Waals surface area contributed by atoms with Crippen LogP contribution >= 0.6 is 11.8 Å². The molecule has 5 nitrogen and oxygen atoms in total. The van der Waals surface area contributed by atoms with Crippen LogP contribution in [0.25, 0.3) is 0 Å². The molecule has 1 heterocycles. The quantitative estimate of drug-likeness (QED) is 0.784. The highest BCUT2D eigenvalue weighted by Gasteiger charge is 2.21. The molecule has 0 amide bonds. The van der Waals surface area contributed by atoms with Gasteiger partial charge in [-0.25, -0.2) is 0 Å². The summed E-state index contributed by atoms with van der Waals surface area (Å²) >= 11 is 1.27. The zero-order valence-electron chi connectivity index (χ0n) is 12.2. The number of hydrogen-bond acceptors (Lipinski definition) is 4. The van der Waals surface area contributed by atoms with Crippen molar-refractivity contribution in [1.82, 2.24) is 14.8 Å². The smallest absolute Gasteiger partial charge is 0.313 e. The van der Waals surface area contributed by atoms with Gasteiger partial charge in [0.25, 0.3) is 0 Å². The average Bonchev–Trinajstić information content (AvgIpc) is 2.99. The second-order valence-electron chi connectivity index (χ2n) is 5.94. The number of aliphatic carboxylic acids is 1. The lowest BCUT2D eigenvalue weighted by Crippen LogP contribution is -2.13. The fraction of sp³-hybridized carbons (Fsp3) is 0.786. The molecule has 1 aliphatic carbocycles. The van der Waals surface area contributed by atoms with Crippen LogP contribution < -0.4 is 0 Å². The Balaban J connectivity index is 2.10. The van der Waals surface area contributed by atoms with Crippen molar-refractivity contribution < 1.29 is 9.90 Å². The SMILES string of the molecule is CC(C)Cn1c(CC2CCCC2)nnc1SCC(=O)O. The van der Waals surface area contributed by atoms with Crippen molar-refractivity contribution in [2.75, 3.05) is 5.75 Å². The number of hydrogen-bond donors (Lipinski definition) is 1.